The predicted molar refractivity (Wildman–Crippen MR) is 128 cm³/mol. The molecule has 0 unspecified atom stereocenters. The second kappa shape index (κ2) is 10.3. The number of rotatable bonds is 6. The molecule has 0 aliphatic carbocycles. The molecule has 37 heavy (non-hydrogen) atoms. The molecule has 1 aromatic carbocycles. The van der Waals surface area contributed by atoms with E-state index in [1.165, 1.54) is 4.68 Å². The van der Waals surface area contributed by atoms with Crippen LogP contribution in [0.3, 0.4) is 0 Å². The molecule has 2 fully saturated rings. The highest BCUT2D eigenvalue weighted by Crippen LogP contribution is 2.33. The number of alkyl halides is 3. The SMILES string of the molecule is CC(C)(C)c1nn(C[C@@H]2CCC(=O)N2)/c(=N/C(=O)c2cc(C(F)(F)F)ccc2OC[C@@H]2CCC(=O)N2)s1. The quantitative estimate of drug-likeness (QED) is 0.586. The van der Waals surface area contributed by atoms with Crippen LogP contribution in [0.25, 0.3) is 0 Å². The van der Waals surface area contributed by atoms with Crippen LogP contribution in [0.2, 0.25) is 0 Å². The lowest BCUT2D eigenvalue weighted by atomic mass is 9.98. The first-order valence-corrected chi connectivity index (χ1v) is 12.7. The van der Waals surface area contributed by atoms with Gasteiger partial charge in [0.15, 0.2) is 0 Å². The number of benzene rings is 1. The molecule has 1 aromatic heterocycles. The third-order valence-electron chi connectivity index (χ3n) is 6.00. The van der Waals surface area contributed by atoms with E-state index in [0.717, 1.165) is 29.5 Å². The topological polar surface area (TPSA) is 115 Å². The van der Waals surface area contributed by atoms with Crippen LogP contribution in [0.4, 0.5) is 13.2 Å². The van der Waals surface area contributed by atoms with Crippen LogP contribution in [0.1, 0.15) is 67.4 Å². The molecule has 2 N–H and O–H groups in total. The molecule has 3 amide bonds. The Kier molecular flexibility index (Phi) is 7.45. The highest BCUT2D eigenvalue weighted by molar-refractivity contribution is 7.09. The van der Waals surface area contributed by atoms with E-state index in [0.29, 0.717) is 30.7 Å². The standard InChI is InChI=1S/C24H28F3N5O4S/c1-23(2,3)21-31-32(11-14-5-8-18(33)28-14)22(37-21)30-20(35)16-10-13(24(25,26)27)4-7-17(16)36-12-15-6-9-19(34)29-15/h4,7,10,14-15H,5-6,8-9,11-12H2,1-3H3,(H,28,33)(H,29,34)/b30-22-/t14-,15-/m0/s1. The molecule has 0 bridgehead atoms. The third-order valence-corrected chi connectivity index (χ3v) is 7.37. The fraction of sp³-hybridized carbons (Fsp3) is 0.542. The summed E-state index contributed by atoms with van der Waals surface area (Å²) < 4.78 is 47.5. The number of carbonyl (C=O) groups excluding carboxylic acids is 3. The molecule has 2 aromatic rings. The number of aromatic nitrogens is 2. The fourth-order valence-corrected chi connectivity index (χ4v) is 4.94. The van der Waals surface area contributed by atoms with Crippen molar-refractivity contribution in [1.29, 1.82) is 0 Å². The average Bonchev–Trinajstić information content (AvgIpc) is 3.52. The van der Waals surface area contributed by atoms with E-state index in [1.807, 2.05) is 20.8 Å². The first kappa shape index (κ1) is 26.8. The van der Waals surface area contributed by atoms with E-state index < -0.39 is 17.6 Å². The van der Waals surface area contributed by atoms with Crippen molar-refractivity contribution in [3.05, 3.63) is 39.1 Å². The Morgan fingerprint density at radius 3 is 2.35 bits per heavy atom. The molecule has 4 rings (SSSR count). The summed E-state index contributed by atoms with van der Waals surface area (Å²) in [6, 6.07) is 2.17. The van der Waals surface area contributed by atoms with Gasteiger partial charge >= 0.3 is 6.18 Å². The fourth-order valence-electron chi connectivity index (χ4n) is 3.98. The van der Waals surface area contributed by atoms with E-state index in [-0.39, 0.29) is 58.6 Å². The zero-order chi connectivity index (χ0) is 27.0. The van der Waals surface area contributed by atoms with Crippen LogP contribution in [-0.4, -0.2) is 46.2 Å². The summed E-state index contributed by atoms with van der Waals surface area (Å²) in [5, 5.41) is 10.8. The lowest BCUT2D eigenvalue weighted by molar-refractivity contribution is -0.137. The third kappa shape index (κ3) is 6.56. The van der Waals surface area contributed by atoms with Gasteiger partial charge in [-0.25, -0.2) is 4.68 Å². The van der Waals surface area contributed by atoms with Gasteiger partial charge in [-0.1, -0.05) is 32.1 Å². The first-order valence-electron chi connectivity index (χ1n) is 11.9. The lowest BCUT2D eigenvalue weighted by Gasteiger charge is -2.15. The van der Waals surface area contributed by atoms with Gasteiger partial charge in [0.25, 0.3) is 5.91 Å². The Bertz CT molecular complexity index is 1280. The summed E-state index contributed by atoms with van der Waals surface area (Å²) in [5.74, 6) is -1.17. The van der Waals surface area contributed by atoms with Crippen LogP contribution in [-0.2, 0) is 27.7 Å². The molecule has 0 saturated carbocycles. The van der Waals surface area contributed by atoms with Gasteiger partial charge < -0.3 is 15.4 Å². The van der Waals surface area contributed by atoms with Crippen LogP contribution in [0.15, 0.2) is 23.2 Å². The molecule has 0 spiro atoms. The summed E-state index contributed by atoms with van der Waals surface area (Å²) in [5.41, 5.74) is -1.71. The Hall–Kier alpha value is -3.22. The summed E-state index contributed by atoms with van der Waals surface area (Å²) in [7, 11) is 0. The maximum atomic E-state index is 13.4. The summed E-state index contributed by atoms with van der Waals surface area (Å²) in [4.78, 5) is 40.7. The number of hydrogen-bond donors (Lipinski definition) is 2. The maximum Gasteiger partial charge on any atom is 0.416 e. The van der Waals surface area contributed by atoms with Gasteiger partial charge in [-0.3, -0.25) is 14.4 Å². The predicted octanol–water partition coefficient (Wildman–Crippen LogP) is 2.94. The molecule has 2 aliphatic heterocycles. The van der Waals surface area contributed by atoms with Crippen molar-refractivity contribution in [3.8, 4) is 5.75 Å². The van der Waals surface area contributed by atoms with E-state index in [2.05, 4.69) is 20.7 Å². The maximum absolute atomic E-state index is 13.4. The van der Waals surface area contributed by atoms with Gasteiger partial charge in [-0.2, -0.15) is 23.3 Å². The number of halogens is 3. The number of ether oxygens (including phenoxy) is 1. The summed E-state index contributed by atoms with van der Waals surface area (Å²) >= 11 is 1.16. The number of nitrogens with one attached hydrogen (secondary N) is 2. The van der Waals surface area contributed by atoms with Crippen LogP contribution in [0.5, 0.6) is 5.75 Å². The average molecular weight is 540 g/mol. The van der Waals surface area contributed by atoms with Gasteiger partial charge in [0.1, 0.15) is 17.4 Å². The van der Waals surface area contributed by atoms with E-state index in [9.17, 15) is 27.6 Å². The Morgan fingerprint density at radius 2 is 1.78 bits per heavy atom. The second-order valence-electron chi connectivity index (χ2n) is 10.2. The smallest absolute Gasteiger partial charge is 0.416 e. The largest absolute Gasteiger partial charge is 0.491 e. The highest BCUT2D eigenvalue weighted by atomic mass is 32.1. The Morgan fingerprint density at radius 1 is 1.14 bits per heavy atom. The van der Waals surface area contributed by atoms with Gasteiger partial charge in [0, 0.05) is 24.3 Å². The van der Waals surface area contributed by atoms with E-state index in [4.69, 9.17) is 4.74 Å². The van der Waals surface area contributed by atoms with E-state index in [1.54, 1.807) is 0 Å². The van der Waals surface area contributed by atoms with E-state index >= 15 is 0 Å². The number of nitrogens with zero attached hydrogens (tertiary/aromatic N) is 3. The molecule has 2 saturated heterocycles. The van der Waals surface area contributed by atoms with Crippen molar-refractivity contribution < 1.29 is 32.3 Å². The van der Waals surface area contributed by atoms with Crippen molar-refractivity contribution in [2.45, 2.75) is 76.7 Å². The number of carbonyl (C=O) groups is 3. The molecular weight excluding hydrogens is 511 g/mol. The summed E-state index contributed by atoms with van der Waals surface area (Å²) in [6.07, 6.45) is -2.81. The van der Waals surface area contributed by atoms with Gasteiger partial charge in [-0.05, 0) is 31.0 Å². The van der Waals surface area contributed by atoms with Crippen molar-refractivity contribution in [1.82, 2.24) is 20.4 Å². The lowest BCUT2D eigenvalue weighted by Crippen LogP contribution is -2.33. The molecule has 2 atom stereocenters. The highest BCUT2D eigenvalue weighted by Gasteiger charge is 2.33. The van der Waals surface area contributed by atoms with Crippen molar-refractivity contribution in [2.24, 2.45) is 4.99 Å². The molecule has 0 radical (unpaired) electrons. The summed E-state index contributed by atoms with van der Waals surface area (Å²) in [6.45, 7) is 6.12. The number of hydrogen-bond acceptors (Lipinski definition) is 6. The van der Waals surface area contributed by atoms with Crippen molar-refractivity contribution in [3.63, 3.8) is 0 Å². The van der Waals surface area contributed by atoms with Gasteiger partial charge in [-0.15, -0.1) is 0 Å². The van der Waals surface area contributed by atoms with Gasteiger partial charge in [0.2, 0.25) is 16.6 Å². The Labute approximate surface area is 215 Å². The molecule has 3 heterocycles. The second-order valence-corrected chi connectivity index (χ2v) is 11.1. The molecule has 13 heteroatoms. The molecule has 9 nitrogen and oxygen atoms in total. The monoisotopic (exact) mass is 539 g/mol. The minimum absolute atomic E-state index is 0.00743. The van der Waals surface area contributed by atoms with Crippen molar-refractivity contribution in [2.75, 3.05) is 6.61 Å². The molecular formula is C24H28F3N5O4S. The molecule has 2 aliphatic rings. The molecule has 200 valence electrons. The zero-order valence-corrected chi connectivity index (χ0v) is 21.5. The van der Waals surface area contributed by atoms with Crippen LogP contribution < -0.4 is 20.2 Å². The van der Waals surface area contributed by atoms with Crippen LogP contribution >= 0.6 is 11.3 Å². The number of amides is 3. The minimum atomic E-state index is -4.67. The minimum Gasteiger partial charge on any atom is -0.491 e. The van der Waals surface area contributed by atoms with Crippen molar-refractivity contribution >= 4 is 29.1 Å². The van der Waals surface area contributed by atoms with Crippen LogP contribution in [0, 0.1) is 0 Å². The zero-order valence-electron chi connectivity index (χ0n) is 20.6. The van der Waals surface area contributed by atoms with Gasteiger partial charge in [0.05, 0.1) is 23.7 Å². The normalized spacial score (nSPS) is 20.8. The Balaban J connectivity index is 1.69. The first-order chi connectivity index (χ1) is 17.3.